The zero-order valence-electron chi connectivity index (χ0n) is 13.3. The highest BCUT2D eigenvalue weighted by Gasteiger charge is 2.27. The highest BCUT2D eigenvalue weighted by molar-refractivity contribution is 7.28. The number of aromatic carboxylic acids is 1. The molecule has 1 saturated heterocycles. The van der Waals surface area contributed by atoms with Crippen LogP contribution in [0.1, 0.15) is 17.3 Å². The zero-order valence-corrected chi connectivity index (χ0v) is 15.3. The van der Waals surface area contributed by atoms with E-state index in [2.05, 4.69) is 26.0 Å². The second kappa shape index (κ2) is 5.89. The van der Waals surface area contributed by atoms with Gasteiger partial charge in [0, 0.05) is 36.2 Å². The number of rotatable bonds is 3. The molecule has 1 fully saturated rings. The summed E-state index contributed by atoms with van der Waals surface area (Å²) in [7, 11) is 2.59. The summed E-state index contributed by atoms with van der Waals surface area (Å²) in [6.07, 6.45) is 2.94. The molecule has 0 amide bonds. The van der Waals surface area contributed by atoms with Crippen molar-refractivity contribution >= 4 is 48.7 Å². The Kier molecular flexibility index (Phi) is 3.81. The van der Waals surface area contributed by atoms with E-state index in [0.29, 0.717) is 16.7 Å². The largest absolute Gasteiger partial charge is 0.477 e. The van der Waals surface area contributed by atoms with Gasteiger partial charge in [0.1, 0.15) is 11.4 Å². The Morgan fingerprint density at radius 2 is 2.20 bits per heavy atom. The van der Waals surface area contributed by atoms with Crippen molar-refractivity contribution in [2.45, 2.75) is 6.92 Å². The van der Waals surface area contributed by atoms with Gasteiger partial charge in [-0.1, -0.05) is 6.92 Å². The van der Waals surface area contributed by atoms with Crippen molar-refractivity contribution in [2.75, 3.05) is 18.0 Å². The first kappa shape index (κ1) is 16.2. The molecular weight excluding hydrogens is 359 g/mol. The summed E-state index contributed by atoms with van der Waals surface area (Å²) < 4.78 is 1.58. The van der Waals surface area contributed by atoms with Crippen LogP contribution in [-0.4, -0.2) is 38.7 Å². The Hall–Kier alpha value is -2.31. The van der Waals surface area contributed by atoms with Crippen LogP contribution in [0.25, 0.3) is 16.2 Å². The van der Waals surface area contributed by atoms with Crippen molar-refractivity contribution in [3.63, 3.8) is 0 Å². The lowest BCUT2D eigenvalue weighted by Gasteiger charge is -2.39. The summed E-state index contributed by atoms with van der Waals surface area (Å²) in [4.78, 5) is 35.1. The number of carbonyl (C=O) groups is 1. The van der Waals surface area contributed by atoms with Crippen LogP contribution in [0.2, 0.25) is 0 Å². The Balaban J connectivity index is 2.03. The fourth-order valence-electron chi connectivity index (χ4n) is 3.01. The molecule has 25 heavy (non-hydrogen) atoms. The van der Waals surface area contributed by atoms with Gasteiger partial charge in [0.2, 0.25) is 5.43 Å². The minimum absolute atomic E-state index is 0.275. The molecule has 1 atom stereocenters. The molecular formula is C16H15N4O3PS. The Morgan fingerprint density at radius 3 is 2.80 bits per heavy atom. The SMILES string of the molecule is CC1CN(c2nc3c(cc2P)c(=O)c(C(=O)O)cn3-c2nccs2)C1. The summed E-state index contributed by atoms with van der Waals surface area (Å²) in [5.74, 6) is 0.143. The first-order valence-electron chi connectivity index (χ1n) is 7.69. The third kappa shape index (κ3) is 2.62. The van der Waals surface area contributed by atoms with Gasteiger partial charge in [-0.3, -0.25) is 9.36 Å². The Bertz CT molecular complexity index is 1040. The summed E-state index contributed by atoms with van der Waals surface area (Å²) in [6.45, 7) is 3.99. The van der Waals surface area contributed by atoms with E-state index in [1.807, 2.05) is 0 Å². The number of hydrogen-bond acceptors (Lipinski definition) is 6. The van der Waals surface area contributed by atoms with Crippen LogP contribution in [0, 0.1) is 5.92 Å². The third-order valence-corrected chi connectivity index (χ3v) is 5.40. The molecule has 7 nitrogen and oxygen atoms in total. The quantitative estimate of drug-likeness (QED) is 0.699. The van der Waals surface area contributed by atoms with Gasteiger partial charge in [0.05, 0.1) is 5.39 Å². The molecule has 1 aliphatic heterocycles. The maximum Gasteiger partial charge on any atom is 0.341 e. The molecule has 1 aliphatic rings. The van der Waals surface area contributed by atoms with Crippen LogP contribution in [-0.2, 0) is 0 Å². The number of anilines is 1. The van der Waals surface area contributed by atoms with Crippen molar-refractivity contribution in [3.8, 4) is 5.13 Å². The van der Waals surface area contributed by atoms with E-state index in [4.69, 9.17) is 4.98 Å². The number of aromatic nitrogens is 3. The minimum atomic E-state index is -1.26. The van der Waals surface area contributed by atoms with Gasteiger partial charge >= 0.3 is 5.97 Å². The van der Waals surface area contributed by atoms with Gasteiger partial charge in [0.15, 0.2) is 10.8 Å². The molecule has 0 aromatic carbocycles. The maximum atomic E-state index is 12.6. The Labute approximate surface area is 149 Å². The lowest BCUT2D eigenvalue weighted by molar-refractivity contribution is 0.0695. The topological polar surface area (TPSA) is 88.3 Å². The lowest BCUT2D eigenvalue weighted by Crippen LogP contribution is -2.47. The fraction of sp³-hybridized carbons (Fsp3) is 0.250. The molecule has 128 valence electrons. The van der Waals surface area contributed by atoms with Gasteiger partial charge in [-0.25, -0.2) is 14.8 Å². The monoisotopic (exact) mass is 374 g/mol. The number of carboxylic acids is 1. The molecule has 9 heteroatoms. The van der Waals surface area contributed by atoms with E-state index in [9.17, 15) is 14.7 Å². The van der Waals surface area contributed by atoms with Crippen LogP contribution >= 0.6 is 20.6 Å². The predicted octanol–water partition coefficient (Wildman–Crippen LogP) is 1.50. The number of nitrogens with zero attached hydrogens (tertiary/aromatic N) is 4. The normalized spacial score (nSPS) is 14.7. The molecule has 3 aromatic rings. The number of fused-ring (bicyclic) bond motifs is 1. The maximum absolute atomic E-state index is 12.6. The Morgan fingerprint density at radius 1 is 1.44 bits per heavy atom. The smallest absolute Gasteiger partial charge is 0.341 e. The highest BCUT2D eigenvalue weighted by Crippen LogP contribution is 2.25. The molecule has 1 N–H and O–H groups in total. The summed E-state index contributed by atoms with van der Waals surface area (Å²) >= 11 is 1.35. The number of pyridine rings is 2. The van der Waals surface area contributed by atoms with Gasteiger partial charge in [0.25, 0.3) is 0 Å². The molecule has 3 aromatic heterocycles. The number of thiazole rings is 1. The average molecular weight is 374 g/mol. The second-order valence-electron chi connectivity index (χ2n) is 6.14. The van der Waals surface area contributed by atoms with Crippen LogP contribution in [0.15, 0.2) is 28.6 Å². The first-order valence-corrected chi connectivity index (χ1v) is 9.15. The fourth-order valence-corrected chi connectivity index (χ4v) is 4.04. The van der Waals surface area contributed by atoms with Crippen LogP contribution in [0.4, 0.5) is 5.82 Å². The van der Waals surface area contributed by atoms with Gasteiger partial charge < -0.3 is 10.0 Å². The van der Waals surface area contributed by atoms with E-state index < -0.39 is 11.4 Å². The van der Waals surface area contributed by atoms with Crippen molar-refractivity contribution in [3.05, 3.63) is 39.6 Å². The minimum Gasteiger partial charge on any atom is -0.477 e. The van der Waals surface area contributed by atoms with Gasteiger partial charge in [-0.15, -0.1) is 20.6 Å². The molecule has 0 bridgehead atoms. The first-order chi connectivity index (χ1) is 12.0. The van der Waals surface area contributed by atoms with Crippen LogP contribution in [0.5, 0.6) is 0 Å². The molecule has 1 unspecified atom stereocenters. The zero-order chi connectivity index (χ0) is 17.7. The van der Waals surface area contributed by atoms with Crippen LogP contribution < -0.4 is 15.6 Å². The van der Waals surface area contributed by atoms with Crippen LogP contribution in [0.3, 0.4) is 0 Å². The summed E-state index contributed by atoms with van der Waals surface area (Å²) in [5, 5.41) is 12.8. The highest BCUT2D eigenvalue weighted by atomic mass is 32.1. The predicted molar refractivity (Wildman–Crippen MR) is 101 cm³/mol. The van der Waals surface area contributed by atoms with E-state index >= 15 is 0 Å². The summed E-state index contributed by atoms with van der Waals surface area (Å²) in [5.41, 5.74) is -0.403. The van der Waals surface area contributed by atoms with E-state index in [1.54, 1.807) is 22.2 Å². The number of carboxylic acid groups (broad SMARTS) is 1. The molecule has 0 saturated carbocycles. The standard InChI is InChI=1S/C16H15N4O3PS/c1-8-5-19(6-8)14-11(24)4-9-12(21)10(15(22)23)7-20(13(9)18-14)16-17-2-3-25-16/h2-4,7-8H,5-6,24H2,1H3,(H,22,23). The molecule has 0 spiro atoms. The molecule has 0 radical (unpaired) electrons. The second-order valence-corrected chi connectivity index (χ2v) is 7.64. The van der Waals surface area contributed by atoms with Crippen molar-refractivity contribution in [1.29, 1.82) is 0 Å². The van der Waals surface area contributed by atoms with Crippen molar-refractivity contribution in [1.82, 2.24) is 14.5 Å². The van der Waals surface area contributed by atoms with Gasteiger partial charge in [-0.2, -0.15) is 0 Å². The van der Waals surface area contributed by atoms with Gasteiger partial charge in [-0.05, 0) is 12.0 Å². The molecule has 4 heterocycles. The molecule has 4 rings (SSSR count). The van der Waals surface area contributed by atoms with E-state index in [1.165, 1.54) is 17.5 Å². The third-order valence-electron chi connectivity index (χ3n) is 4.21. The lowest BCUT2D eigenvalue weighted by atomic mass is 10.0. The van der Waals surface area contributed by atoms with E-state index in [0.717, 1.165) is 24.2 Å². The van der Waals surface area contributed by atoms with Crippen molar-refractivity contribution < 1.29 is 9.90 Å². The average Bonchev–Trinajstić information content (AvgIpc) is 3.06. The van der Waals surface area contributed by atoms with Crippen molar-refractivity contribution in [2.24, 2.45) is 5.92 Å². The number of hydrogen-bond donors (Lipinski definition) is 1. The molecule has 0 aliphatic carbocycles. The summed E-state index contributed by atoms with van der Waals surface area (Å²) in [6, 6.07) is 1.70. The van der Waals surface area contributed by atoms with E-state index in [-0.39, 0.29) is 10.9 Å².